The number of aromatic nitrogens is 1. The third-order valence-corrected chi connectivity index (χ3v) is 3.89. The van der Waals surface area contributed by atoms with Gasteiger partial charge in [0.05, 0.1) is 16.6 Å². The highest BCUT2D eigenvalue weighted by Gasteiger charge is 2.20. The van der Waals surface area contributed by atoms with Crippen LogP contribution >= 0.6 is 23.2 Å². The molecule has 110 valence electrons. The number of carbonyl (C=O) groups is 1. The molecule has 20 heavy (non-hydrogen) atoms. The van der Waals surface area contributed by atoms with Crippen molar-refractivity contribution in [2.45, 2.75) is 12.8 Å². The third kappa shape index (κ3) is 4.31. The van der Waals surface area contributed by atoms with Crippen molar-refractivity contribution in [3.63, 3.8) is 0 Å². The molecular formula is C13H17Cl2N3O2. The lowest BCUT2D eigenvalue weighted by molar-refractivity contribution is -0.117. The molecule has 0 unspecified atom stereocenters. The predicted molar refractivity (Wildman–Crippen MR) is 79.1 cm³/mol. The number of nitrogens with one attached hydrogen (secondary N) is 1. The van der Waals surface area contributed by atoms with Crippen LogP contribution < -0.4 is 5.32 Å². The van der Waals surface area contributed by atoms with E-state index < -0.39 is 0 Å². The van der Waals surface area contributed by atoms with E-state index in [1.54, 1.807) is 6.07 Å². The van der Waals surface area contributed by atoms with Crippen LogP contribution in [0.2, 0.25) is 10.0 Å². The van der Waals surface area contributed by atoms with Gasteiger partial charge in [0, 0.05) is 12.8 Å². The Morgan fingerprint density at radius 2 is 2.15 bits per heavy atom. The molecule has 0 aromatic carbocycles. The van der Waals surface area contributed by atoms with Crippen molar-refractivity contribution in [1.82, 2.24) is 9.88 Å². The standard InChI is InChI=1S/C13H17Cl2N3O2/c14-10-5-11(15)13(16-6-10)17-12(20)7-18-3-1-9(8-19)2-4-18/h5-6,9,19H,1-4,7-8H2,(H,16,17,20). The Morgan fingerprint density at radius 1 is 1.45 bits per heavy atom. The van der Waals surface area contributed by atoms with Crippen molar-refractivity contribution in [3.05, 3.63) is 22.3 Å². The van der Waals surface area contributed by atoms with Crippen LogP contribution in [0.5, 0.6) is 0 Å². The van der Waals surface area contributed by atoms with E-state index in [4.69, 9.17) is 28.3 Å². The van der Waals surface area contributed by atoms with E-state index in [1.807, 2.05) is 0 Å². The lowest BCUT2D eigenvalue weighted by Crippen LogP contribution is -2.39. The molecular weight excluding hydrogens is 301 g/mol. The molecule has 1 amide bonds. The fourth-order valence-electron chi connectivity index (χ4n) is 2.21. The van der Waals surface area contributed by atoms with E-state index in [0.29, 0.717) is 28.3 Å². The zero-order chi connectivity index (χ0) is 14.5. The van der Waals surface area contributed by atoms with Crippen molar-refractivity contribution in [2.24, 2.45) is 5.92 Å². The number of halogens is 2. The first-order chi connectivity index (χ1) is 9.58. The summed E-state index contributed by atoms with van der Waals surface area (Å²) >= 11 is 11.7. The number of rotatable bonds is 4. The maximum absolute atomic E-state index is 11.9. The van der Waals surface area contributed by atoms with Crippen LogP contribution in [-0.4, -0.2) is 47.1 Å². The second kappa shape index (κ2) is 7.22. The molecule has 1 aromatic rings. The van der Waals surface area contributed by atoms with E-state index in [1.165, 1.54) is 6.20 Å². The second-order valence-corrected chi connectivity index (χ2v) is 5.78. The number of pyridine rings is 1. The van der Waals surface area contributed by atoms with Gasteiger partial charge in [-0.15, -0.1) is 0 Å². The van der Waals surface area contributed by atoms with E-state index in [0.717, 1.165) is 25.9 Å². The molecule has 5 nitrogen and oxygen atoms in total. The molecule has 1 fully saturated rings. The quantitative estimate of drug-likeness (QED) is 0.891. The lowest BCUT2D eigenvalue weighted by atomic mass is 9.98. The first-order valence-electron chi connectivity index (χ1n) is 6.52. The van der Waals surface area contributed by atoms with Crippen molar-refractivity contribution < 1.29 is 9.90 Å². The Morgan fingerprint density at radius 3 is 2.75 bits per heavy atom. The number of anilines is 1. The van der Waals surface area contributed by atoms with Crippen molar-refractivity contribution in [3.8, 4) is 0 Å². The molecule has 0 radical (unpaired) electrons. The van der Waals surface area contributed by atoms with Gasteiger partial charge >= 0.3 is 0 Å². The summed E-state index contributed by atoms with van der Waals surface area (Å²) < 4.78 is 0. The van der Waals surface area contributed by atoms with E-state index in [-0.39, 0.29) is 12.5 Å². The first-order valence-corrected chi connectivity index (χ1v) is 7.28. The number of hydrogen-bond donors (Lipinski definition) is 2. The Hall–Kier alpha value is -0.880. The average molecular weight is 318 g/mol. The number of aliphatic hydroxyl groups is 1. The molecule has 1 aliphatic rings. The fourth-order valence-corrected chi connectivity index (χ4v) is 2.64. The summed E-state index contributed by atoms with van der Waals surface area (Å²) in [5, 5.41) is 12.5. The van der Waals surface area contributed by atoms with Crippen molar-refractivity contribution in [1.29, 1.82) is 0 Å². The SMILES string of the molecule is O=C(CN1CCC(CO)CC1)Nc1ncc(Cl)cc1Cl. The summed E-state index contributed by atoms with van der Waals surface area (Å²) in [6.45, 7) is 2.17. The number of carbonyl (C=O) groups excluding carboxylic acids is 1. The van der Waals surface area contributed by atoms with Gasteiger partial charge in [-0.1, -0.05) is 23.2 Å². The molecule has 0 saturated carbocycles. The van der Waals surface area contributed by atoms with Gasteiger partial charge in [-0.25, -0.2) is 4.98 Å². The van der Waals surface area contributed by atoms with Crippen molar-refractivity contribution >= 4 is 34.9 Å². The highest BCUT2D eigenvalue weighted by molar-refractivity contribution is 6.36. The normalized spacial score (nSPS) is 17.1. The van der Waals surface area contributed by atoms with Gasteiger partial charge in [0.1, 0.15) is 0 Å². The summed E-state index contributed by atoms with van der Waals surface area (Å²) in [4.78, 5) is 18.0. The van der Waals surface area contributed by atoms with Crippen LogP contribution in [0, 0.1) is 5.92 Å². The number of likely N-dealkylation sites (tertiary alicyclic amines) is 1. The third-order valence-electron chi connectivity index (χ3n) is 3.40. The van der Waals surface area contributed by atoms with Crippen LogP contribution in [0.3, 0.4) is 0 Å². The first kappa shape index (κ1) is 15.5. The van der Waals surface area contributed by atoms with Crippen LogP contribution in [0.25, 0.3) is 0 Å². The summed E-state index contributed by atoms with van der Waals surface area (Å²) in [5.41, 5.74) is 0. The Kier molecular flexibility index (Phi) is 5.60. The molecule has 0 aliphatic carbocycles. The summed E-state index contributed by atoms with van der Waals surface area (Å²) in [6.07, 6.45) is 3.28. The average Bonchev–Trinajstić information content (AvgIpc) is 2.43. The number of nitrogens with zero attached hydrogens (tertiary/aromatic N) is 2. The molecule has 1 aromatic heterocycles. The van der Waals surface area contributed by atoms with E-state index in [2.05, 4.69) is 15.2 Å². The van der Waals surface area contributed by atoms with E-state index in [9.17, 15) is 4.79 Å². The molecule has 2 rings (SSSR count). The molecule has 1 saturated heterocycles. The van der Waals surface area contributed by atoms with Gasteiger partial charge in [-0.3, -0.25) is 9.69 Å². The van der Waals surface area contributed by atoms with Crippen LogP contribution in [0.4, 0.5) is 5.82 Å². The van der Waals surface area contributed by atoms with Crippen LogP contribution in [0.1, 0.15) is 12.8 Å². The van der Waals surface area contributed by atoms with Gasteiger partial charge in [0.15, 0.2) is 5.82 Å². The van der Waals surface area contributed by atoms with Gasteiger partial charge in [-0.2, -0.15) is 0 Å². The molecule has 7 heteroatoms. The topological polar surface area (TPSA) is 65.5 Å². The van der Waals surface area contributed by atoms with Gasteiger partial charge < -0.3 is 10.4 Å². The molecule has 1 aliphatic heterocycles. The Balaban J connectivity index is 1.84. The van der Waals surface area contributed by atoms with Crippen LogP contribution in [-0.2, 0) is 4.79 Å². The summed E-state index contributed by atoms with van der Waals surface area (Å²) in [6, 6.07) is 1.54. The lowest BCUT2D eigenvalue weighted by Gasteiger charge is -2.30. The molecule has 2 heterocycles. The van der Waals surface area contributed by atoms with Gasteiger partial charge in [-0.05, 0) is 37.9 Å². The monoisotopic (exact) mass is 317 g/mol. The minimum atomic E-state index is -0.149. The largest absolute Gasteiger partial charge is 0.396 e. The maximum Gasteiger partial charge on any atom is 0.239 e. The van der Waals surface area contributed by atoms with Gasteiger partial charge in [0.2, 0.25) is 5.91 Å². The molecule has 0 spiro atoms. The second-order valence-electron chi connectivity index (χ2n) is 4.93. The summed E-state index contributed by atoms with van der Waals surface area (Å²) in [7, 11) is 0. The van der Waals surface area contributed by atoms with Crippen molar-refractivity contribution in [2.75, 3.05) is 31.6 Å². The molecule has 2 N–H and O–H groups in total. The van der Waals surface area contributed by atoms with Crippen LogP contribution in [0.15, 0.2) is 12.3 Å². The fraction of sp³-hybridized carbons (Fsp3) is 0.538. The van der Waals surface area contributed by atoms with E-state index >= 15 is 0 Å². The smallest absolute Gasteiger partial charge is 0.239 e. The molecule has 0 atom stereocenters. The maximum atomic E-state index is 11.9. The number of amides is 1. The zero-order valence-electron chi connectivity index (χ0n) is 11.0. The number of hydrogen-bond acceptors (Lipinski definition) is 4. The highest BCUT2D eigenvalue weighted by Crippen LogP contribution is 2.22. The summed E-state index contributed by atoms with van der Waals surface area (Å²) in [5.74, 6) is 0.539. The number of piperidine rings is 1. The minimum absolute atomic E-state index is 0.149. The zero-order valence-corrected chi connectivity index (χ0v) is 12.5. The molecule has 0 bridgehead atoms. The Labute approximate surface area is 127 Å². The highest BCUT2D eigenvalue weighted by atomic mass is 35.5. The predicted octanol–water partition coefficient (Wildman–Crippen LogP) is 2.03. The number of aliphatic hydroxyl groups excluding tert-OH is 1. The van der Waals surface area contributed by atoms with Gasteiger partial charge in [0.25, 0.3) is 0 Å². The Bertz CT molecular complexity index is 477. The minimum Gasteiger partial charge on any atom is -0.396 e.